The van der Waals surface area contributed by atoms with Gasteiger partial charge in [-0.15, -0.1) is 0 Å². The van der Waals surface area contributed by atoms with Gasteiger partial charge in [-0.3, -0.25) is 0 Å². The number of benzene rings is 1. The Morgan fingerprint density at radius 1 is 1.30 bits per heavy atom. The van der Waals surface area contributed by atoms with Gasteiger partial charge in [0.1, 0.15) is 12.3 Å². The Morgan fingerprint density at radius 2 is 2.20 bits per heavy atom. The first-order valence-corrected chi connectivity index (χ1v) is 6.29. The van der Waals surface area contributed by atoms with Gasteiger partial charge < -0.3 is 9.72 Å². The number of rotatable bonds is 4. The molecule has 0 saturated carbocycles. The lowest BCUT2D eigenvalue weighted by molar-refractivity contribution is -0.144. The summed E-state index contributed by atoms with van der Waals surface area (Å²) in [4.78, 5) is 8.26. The largest absolute Gasteiger partial charge is 0.388 e. The van der Waals surface area contributed by atoms with Crippen molar-refractivity contribution in [3.05, 3.63) is 54.4 Å². The highest BCUT2D eigenvalue weighted by molar-refractivity contribution is 5.65. The molecule has 0 aliphatic carbocycles. The molecule has 0 fully saturated rings. The number of halogens is 1. The number of nitrogens with one attached hydrogen (secondary N) is 1. The third-order valence-electron chi connectivity index (χ3n) is 3.19. The zero-order valence-electron chi connectivity index (χ0n) is 11.0. The number of imidazole rings is 1. The van der Waals surface area contributed by atoms with E-state index in [2.05, 4.69) is 15.2 Å². The van der Waals surface area contributed by atoms with Gasteiger partial charge in [-0.25, -0.2) is 4.98 Å². The lowest BCUT2D eigenvalue weighted by Crippen LogP contribution is -1.89. The van der Waals surface area contributed by atoms with Gasteiger partial charge in [-0.1, -0.05) is 18.2 Å². The van der Waals surface area contributed by atoms with Crippen molar-refractivity contribution in [2.45, 2.75) is 6.61 Å². The van der Waals surface area contributed by atoms with E-state index in [1.54, 1.807) is 0 Å². The van der Waals surface area contributed by atoms with Gasteiger partial charge in [-0.2, -0.15) is 4.94 Å². The average Bonchev–Trinajstić information content (AvgIpc) is 2.90. The van der Waals surface area contributed by atoms with Crippen LogP contribution in [-0.4, -0.2) is 16.4 Å². The summed E-state index contributed by atoms with van der Waals surface area (Å²) < 4.78 is 13.9. The average molecular weight is 271 g/mol. The van der Waals surface area contributed by atoms with E-state index in [1.807, 2.05) is 60.2 Å². The second kappa shape index (κ2) is 5.30. The van der Waals surface area contributed by atoms with Crippen LogP contribution in [0, 0.1) is 0 Å². The van der Waals surface area contributed by atoms with Gasteiger partial charge in [0.05, 0.1) is 5.69 Å². The van der Waals surface area contributed by atoms with E-state index in [9.17, 15) is 4.53 Å². The van der Waals surface area contributed by atoms with Crippen molar-refractivity contribution in [2.75, 3.05) is 12.4 Å². The number of hydrogen-bond acceptors (Lipinski definition) is 3. The quantitative estimate of drug-likeness (QED) is 0.790. The molecule has 4 nitrogen and oxygen atoms in total. The van der Waals surface area contributed by atoms with Crippen LogP contribution in [0.15, 0.2) is 48.8 Å². The zero-order valence-corrected chi connectivity index (χ0v) is 11.0. The highest BCUT2D eigenvalue weighted by Crippen LogP contribution is 2.22. The first-order chi connectivity index (χ1) is 9.80. The number of pyridine rings is 1. The standard InChI is InChI=1S/C15H14FN3O/c1-17-13-5-6-19-9-14(18-15(19)8-13)12-4-2-3-11(7-12)10-20-16/h2-9,17H,10H2,1H3. The minimum Gasteiger partial charge on any atom is -0.388 e. The first kappa shape index (κ1) is 12.6. The van der Waals surface area contributed by atoms with Crippen LogP contribution in [0.4, 0.5) is 10.2 Å². The van der Waals surface area contributed by atoms with Crippen molar-refractivity contribution in [3.8, 4) is 11.3 Å². The van der Waals surface area contributed by atoms with E-state index >= 15 is 0 Å². The van der Waals surface area contributed by atoms with E-state index in [4.69, 9.17) is 0 Å². The molecule has 0 radical (unpaired) electrons. The molecule has 3 rings (SSSR count). The van der Waals surface area contributed by atoms with Crippen LogP contribution < -0.4 is 5.32 Å². The molecule has 2 aromatic heterocycles. The Balaban J connectivity index is 2.03. The van der Waals surface area contributed by atoms with Gasteiger partial charge in [0.25, 0.3) is 0 Å². The molecular formula is C15H14FN3O. The lowest BCUT2D eigenvalue weighted by atomic mass is 10.1. The first-order valence-electron chi connectivity index (χ1n) is 6.29. The maximum Gasteiger partial charge on any atom is 0.139 e. The summed E-state index contributed by atoms with van der Waals surface area (Å²) in [6, 6.07) is 11.5. The molecule has 0 amide bonds. The van der Waals surface area contributed by atoms with Crippen LogP contribution in [0.5, 0.6) is 0 Å². The third-order valence-corrected chi connectivity index (χ3v) is 3.19. The van der Waals surface area contributed by atoms with Crippen LogP contribution in [0.2, 0.25) is 0 Å². The van der Waals surface area contributed by atoms with E-state index in [-0.39, 0.29) is 6.61 Å². The van der Waals surface area contributed by atoms with Crippen molar-refractivity contribution in [1.29, 1.82) is 0 Å². The fourth-order valence-corrected chi connectivity index (χ4v) is 2.16. The molecule has 3 aromatic rings. The van der Waals surface area contributed by atoms with Crippen molar-refractivity contribution >= 4 is 11.3 Å². The van der Waals surface area contributed by atoms with E-state index in [1.165, 1.54) is 0 Å². The number of anilines is 1. The smallest absolute Gasteiger partial charge is 0.139 e. The summed E-state index contributed by atoms with van der Waals surface area (Å²) in [6.45, 7) is -0.0505. The summed E-state index contributed by atoms with van der Waals surface area (Å²) in [5.74, 6) is 0. The molecule has 0 aliphatic rings. The Morgan fingerprint density at radius 3 is 3.00 bits per heavy atom. The van der Waals surface area contributed by atoms with Gasteiger partial charge in [0.15, 0.2) is 0 Å². The number of hydrogen-bond donors (Lipinski definition) is 1. The Kier molecular flexibility index (Phi) is 3.35. The van der Waals surface area contributed by atoms with E-state index in [0.29, 0.717) is 0 Å². The van der Waals surface area contributed by atoms with Gasteiger partial charge >= 0.3 is 0 Å². The molecule has 0 unspecified atom stereocenters. The fraction of sp³-hybridized carbons (Fsp3) is 0.133. The predicted molar refractivity (Wildman–Crippen MR) is 76.1 cm³/mol. The number of fused-ring (bicyclic) bond motifs is 1. The zero-order chi connectivity index (χ0) is 13.9. The van der Waals surface area contributed by atoms with Crippen LogP contribution in [0.1, 0.15) is 5.56 Å². The minimum atomic E-state index is -0.0505. The van der Waals surface area contributed by atoms with E-state index < -0.39 is 0 Å². The molecule has 1 aromatic carbocycles. The highest BCUT2D eigenvalue weighted by Gasteiger charge is 2.06. The van der Waals surface area contributed by atoms with Gasteiger partial charge in [0, 0.05) is 36.8 Å². The van der Waals surface area contributed by atoms with Crippen LogP contribution in [0.25, 0.3) is 16.9 Å². The minimum absolute atomic E-state index is 0.0505. The summed E-state index contributed by atoms with van der Waals surface area (Å²) in [5, 5.41) is 3.08. The van der Waals surface area contributed by atoms with Crippen LogP contribution in [0.3, 0.4) is 0 Å². The van der Waals surface area contributed by atoms with Crippen molar-refractivity contribution in [3.63, 3.8) is 0 Å². The van der Waals surface area contributed by atoms with Crippen LogP contribution in [-0.2, 0) is 11.5 Å². The third kappa shape index (κ3) is 2.35. The fourth-order valence-electron chi connectivity index (χ4n) is 2.16. The predicted octanol–water partition coefficient (Wildman–Crippen LogP) is 3.44. The molecule has 102 valence electrons. The number of aromatic nitrogens is 2. The van der Waals surface area contributed by atoms with Crippen molar-refractivity contribution in [2.24, 2.45) is 0 Å². The SMILES string of the molecule is CNc1ccn2cc(-c3cccc(COF)c3)nc2c1. The molecule has 5 heteroatoms. The maximum absolute atomic E-state index is 11.9. The molecule has 0 spiro atoms. The van der Waals surface area contributed by atoms with Crippen molar-refractivity contribution in [1.82, 2.24) is 9.38 Å². The molecule has 0 bridgehead atoms. The Bertz CT molecular complexity index is 739. The lowest BCUT2D eigenvalue weighted by Gasteiger charge is -2.00. The van der Waals surface area contributed by atoms with Crippen LogP contribution >= 0.6 is 0 Å². The summed E-state index contributed by atoms with van der Waals surface area (Å²) >= 11 is 0. The summed E-state index contributed by atoms with van der Waals surface area (Å²) in [5.41, 5.74) is 4.43. The molecule has 20 heavy (non-hydrogen) atoms. The second-order valence-electron chi connectivity index (χ2n) is 4.51. The summed E-state index contributed by atoms with van der Waals surface area (Å²) in [7, 11) is 1.87. The maximum atomic E-state index is 11.9. The highest BCUT2D eigenvalue weighted by atomic mass is 19.3. The molecule has 2 heterocycles. The Labute approximate surface area is 115 Å². The number of nitrogens with zero attached hydrogens (tertiary/aromatic N) is 2. The van der Waals surface area contributed by atoms with E-state index in [0.717, 1.165) is 28.2 Å². The molecular weight excluding hydrogens is 257 g/mol. The molecule has 0 saturated heterocycles. The molecule has 0 aliphatic heterocycles. The molecule has 0 atom stereocenters. The molecule has 1 N–H and O–H groups in total. The van der Waals surface area contributed by atoms with Gasteiger partial charge in [-0.05, 0) is 22.2 Å². The normalized spacial score (nSPS) is 10.9. The summed E-state index contributed by atoms with van der Waals surface area (Å²) in [6.07, 6.45) is 3.90. The van der Waals surface area contributed by atoms with Gasteiger partial charge in [0.2, 0.25) is 0 Å². The van der Waals surface area contributed by atoms with Crippen molar-refractivity contribution < 1.29 is 9.47 Å². The second-order valence-corrected chi connectivity index (χ2v) is 4.51. The monoisotopic (exact) mass is 271 g/mol. The topological polar surface area (TPSA) is 38.6 Å². The Hall–Kier alpha value is -2.40.